The molecule has 0 fully saturated rings. The van der Waals surface area contributed by atoms with E-state index in [1.165, 1.54) is 18.3 Å². The lowest BCUT2D eigenvalue weighted by Gasteiger charge is -2.06. The van der Waals surface area contributed by atoms with Crippen LogP contribution in [0, 0.1) is 17.1 Å². The second-order valence-electron chi connectivity index (χ2n) is 3.94. The van der Waals surface area contributed by atoms with Gasteiger partial charge < -0.3 is 10.5 Å². The van der Waals surface area contributed by atoms with Gasteiger partial charge in [0.15, 0.2) is 0 Å². The van der Waals surface area contributed by atoms with Crippen LogP contribution in [0.2, 0.25) is 0 Å². The van der Waals surface area contributed by atoms with Gasteiger partial charge in [0.1, 0.15) is 24.2 Å². The minimum Gasteiger partial charge on any atom is -0.457 e. The molecular formula is C14H10FN3O2. The average Bonchev–Trinajstić information content (AvgIpc) is 2.47. The molecule has 1 heterocycles. The number of esters is 1. The Morgan fingerprint density at radius 1 is 1.45 bits per heavy atom. The van der Waals surface area contributed by atoms with Gasteiger partial charge in [0.25, 0.3) is 0 Å². The van der Waals surface area contributed by atoms with Crippen molar-refractivity contribution < 1.29 is 13.9 Å². The van der Waals surface area contributed by atoms with Gasteiger partial charge in [-0.1, -0.05) is 6.07 Å². The third-order valence-corrected chi connectivity index (χ3v) is 2.59. The van der Waals surface area contributed by atoms with E-state index in [0.717, 1.165) is 6.07 Å². The Morgan fingerprint density at radius 2 is 2.25 bits per heavy atom. The number of nitrogen functional groups attached to an aromatic ring is 1. The molecule has 0 spiro atoms. The Labute approximate surface area is 114 Å². The highest BCUT2D eigenvalue weighted by atomic mass is 19.1. The SMILES string of the molecule is N#Cc1ncccc1COC(=O)c1ccc(N)c(F)c1. The summed E-state index contributed by atoms with van der Waals surface area (Å²) < 4.78 is 18.2. The molecule has 2 aromatic rings. The van der Waals surface area contributed by atoms with Crippen LogP contribution in [0.25, 0.3) is 0 Å². The molecule has 0 aliphatic rings. The van der Waals surface area contributed by atoms with Crippen LogP contribution in [0.15, 0.2) is 36.5 Å². The minimum atomic E-state index is -0.698. The highest BCUT2D eigenvalue weighted by Gasteiger charge is 2.11. The molecule has 0 radical (unpaired) electrons. The van der Waals surface area contributed by atoms with Gasteiger partial charge >= 0.3 is 5.97 Å². The Bertz CT molecular complexity index is 695. The molecule has 1 aromatic heterocycles. The molecule has 100 valence electrons. The third-order valence-electron chi connectivity index (χ3n) is 2.59. The second kappa shape index (κ2) is 5.80. The van der Waals surface area contributed by atoms with Crippen molar-refractivity contribution >= 4 is 11.7 Å². The first-order chi connectivity index (χ1) is 9.61. The summed E-state index contributed by atoms with van der Waals surface area (Å²) in [7, 11) is 0. The fourth-order valence-corrected chi connectivity index (χ4v) is 1.54. The number of hydrogen-bond donors (Lipinski definition) is 1. The molecule has 0 bridgehead atoms. The summed E-state index contributed by atoms with van der Waals surface area (Å²) in [6, 6.07) is 8.82. The van der Waals surface area contributed by atoms with E-state index in [2.05, 4.69) is 4.98 Å². The topological polar surface area (TPSA) is 89.0 Å². The Morgan fingerprint density at radius 3 is 2.95 bits per heavy atom. The first kappa shape index (κ1) is 13.5. The average molecular weight is 271 g/mol. The molecule has 2 rings (SSSR count). The minimum absolute atomic E-state index is 0.0411. The zero-order chi connectivity index (χ0) is 14.5. The molecule has 20 heavy (non-hydrogen) atoms. The summed E-state index contributed by atoms with van der Waals surface area (Å²) in [5.74, 6) is -1.38. The number of anilines is 1. The number of nitrogens with zero attached hydrogens (tertiary/aromatic N) is 2. The zero-order valence-corrected chi connectivity index (χ0v) is 10.3. The van der Waals surface area contributed by atoms with Crippen molar-refractivity contribution in [1.82, 2.24) is 4.98 Å². The van der Waals surface area contributed by atoms with E-state index in [-0.39, 0.29) is 23.6 Å². The first-order valence-electron chi connectivity index (χ1n) is 5.68. The summed E-state index contributed by atoms with van der Waals surface area (Å²) in [5, 5.41) is 8.85. The molecule has 0 aliphatic carbocycles. The Hall–Kier alpha value is -2.94. The van der Waals surface area contributed by atoms with Crippen LogP contribution in [-0.2, 0) is 11.3 Å². The van der Waals surface area contributed by atoms with Gasteiger partial charge in [-0.3, -0.25) is 0 Å². The van der Waals surface area contributed by atoms with Crippen molar-refractivity contribution in [2.75, 3.05) is 5.73 Å². The number of carbonyl (C=O) groups excluding carboxylic acids is 1. The molecule has 0 aliphatic heterocycles. The number of pyridine rings is 1. The van der Waals surface area contributed by atoms with Crippen LogP contribution in [0.3, 0.4) is 0 Å². The standard InChI is InChI=1S/C14H10FN3O2/c15-11-6-9(3-4-12(11)17)14(19)20-8-10-2-1-5-18-13(10)7-16/h1-6H,8,17H2. The maximum absolute atomic E-state index is 13.2. The highest BCUT2D eigenvalue weighted by Crippen LogP contribution is 2.14. The van der Waals surface area contributed by atoms with Crippen molar-refractivity contribution in [1.29, 1.82) is 5.26 Å². The Balaban J connectivity index is 2.09. The molecule has 0 atom stereocenters. The van der Waals surface area contributed by atoms with Crippen LogP contribution in [0.4, 0.5) is 10.1 Å². The number of hydrogen-bond acceptors (Lipinski definition) is 5. The van der Waals surface area contributed by atoms with E-state index in [4.69, 9.17) is 15.7 Å². The maximum atomic E-state index is 13.2. The summed E-state index contributed by atoms with van der Waals surface area (Å²) in [6.07, 6.45) is 1.47. The summed E-state index contributed by atoms with van der Waals surface area (Å²) >= 11 is 0. The highest BCUT2D eigenvalue weighted by molar-refractivity contribution is 5.89. The van der Waals surface area contributed by atoms with E-state index < -0.39 is 11.8 Å². The quantitative estimate of drug-likeness (QED) is 0.681. The van der Waals surface area contributed by atoms with Crippen LogP contribution in [0.5, 0.6) is 0 Å². The lowest BCUT2D eigenvalue weighted by atomic mass is 10.2. The van der Waals surface area contributed by atoms with Crippen LogP contribution in [0.1, 0.15) is 21.6 Å². The van der Waals surface area contributed by atoms with Gasteiger partial charge in [0.05, 0.1) is 11.3 Å². The van der Waals surface area contributed by atoms with Crippen molar-refractivity contribution in [2.45, 2.75) is 6.61 Å². The number of carbonyl (C=O) groups is 1. The molecule has 0 saturated heterocycles. The fraction of sp³-hybridized carbons (Fsp3) is 0.0714. The van der Waals surface area contributed by atoms with Crippen LogP contribution >= 0.6 is 0 Å². The summed E-state index contributed by atoms with van der Waals surface area (Å²) in [5.41, 5.74) is 6.00. The number of aromatic nitrogens is 1. The molecule has 0 saturated carbocycles. The number of halogens is 1. The lowest BCUT2D eigenvalue weighted by Crippen LogP contribution is -2.07. The number of nitrogens with two attached hydrogens (primary N) is 1. The van der Waals surface area contributed by atoms with Gasteiger partial charge in [-0.2, -0.15) is 5.26 Å². The molecular weight excluding hydrogens is 261 g/mol. The second-order valence-corrected chi connectivity index (χ2v) is 3.94. The van der Waals surface area contributed by atoms with Gasteiger partial charge in [0.2, 0.25) is 0 Å². The van der Waals surface area contributed by atoms with Crippen LogP contribution in [-0.4, -0.2) is 11.0 Å². The van der Waals surface area contributed by atoms with E-state index in [0.29, 0.717) is 5.56 Å². The molecule has 1 aromatic carbocycles. The van der Waals surface area contributed by atoms with Crippen molar-refractivity contribution in [3.63, 3.8) is 0 Å². The lowest BCUT2D eigenvalue weighted by molar-refractivity contribution is 0.0471. The van der Waals surface area contributed by atoms with Crippen molar-refractivity contribution in [3.8, 4) is 6.07 Å². The first-order valence-corrected chi connectivity index (χ1v) is 5.68. The van der Waals surface area contributed by atoms with E-state index in [9.17, 15) is 9.18 Å². The van der Waals surface area contributed by atoms with Crippen molar-refractivity contribution in [2.24, 2.45) is 0 Å². The van der Waals surface area contributed by atoms with Crippen molar-refractivity contribution in [3.05, 3.63) is 59.2 Å². The molecule has 5 nitrogen and oxygen atoms in total. The van der Waals surface area contributed by atoms with Gasteiger partial charge in [-0.25, -0.2) is 14.2 Å². The van der Waals surface area contributed by atoms with E-state index >= 15 is 0 Å². The zero-order valence-electron chi connectivity index (χ0n) is 10.3. The predicted octanol–water partition coefficient (Wildman–Crippen LogP) is 2.03. The largest absolute Gasteiger partial charge is 0.457 e. The molecule has 0 unspecified atom stereocenters. The molecule has 0 amide bonds. The van der Waals surface area contributed by atoms with Crippen LogP contribution < -0.4 is 5.73 Å². The monoisotopic (exact) mass is 271 g/mol. The van der Waals surface area contributed by atoms with Gasteiger partial charge in [-0.05, 0) is 24.3 Å². The van der Waals surface area contributed by atoms with Gasteiger partial charge in [0, 0.05) is 11.8 Å². The maximum Gasteiger partial charge on any atom is 0.338 e. The normalized spacial score (nSPS) is 9.80. The van der Waals surface area contributed by atoms with E-state index in [1.54, 1.807) is 12.1 Å². The molecule has 6 heteroatoms. The number of rotatable bonds is 3. The number of ether oxygens (including phenoxy) is 1. The number of benzene rings is 1. The Kier molecular flexibility index (Phi) is 3.91. The van der Waals surface area contributed by atoms with E-state index in [1.807, 2.05) is 6.07 Å². The third kappa shape index (κ3) is 2.90. The smallest absolute Gasteiger partial charge is 0.338 e. The number of nitriles is 1. The summed E-state index contributed by atoms with van der Waals surface area (Å²) in [6.45, 7) is -0.110. The predicted molar refractivity (Wildman–Crippen MR) is 68.9 cm³/mol. The molecule has 2 N–H and O–H groups in total. The fourth-order valence-electron chi connectivity index (χ4n) is 1.54. The van der Waals surface area contributed by atoms with Gasteiger partial charge in [-0.15, -0.1) is 0 Å². The summed E-state index contributed by atoms with van der Waals surface area (Å²) in [4.78, 5) is 15.6.